The molecule has 0 aromatic heterocycles. The van der Waals surface area contributed by atoms with E-state index in [1.807, 2.05) is 0 Å². The zero-order valence-electron chi connectivity index (χ0n) is 9.07. The number of thioether (sulfide) groups is 1. The lowest BCUT2D eigenvalue weighted by molar-refractivity contribution is -0.139. The normalized spacial score (nSPS) is 24.2. The Labute approximate surface area is 105 Å². The van der Waals surface area contributed by atoms with Crippen LogP contribution in [0.3, 0.4) is 0 Å². The third-order valence-corrected chi connectivity index (χ3v) is 3.89. The van der Waals surface area contributed by atoms with Crippen molar-refractivity contribution in [1.82, 2.24) is 5.32 Å². The number of rotatable bonds is 2. The van der Waals surface area contributed by atoms with Crippen LogP contribution in [-0.4, -0.2) is 22.9 Å². The number of aliphatic carboxylic acids is 1. The Balaban J connectivity index is 2.10. The fourth-order valence-electron chi connectivity index (χ4n) is 1.65. The smallest absolute Gasteiger partial charge is 0.416 e. The van der Waals surface area contributed by atoms with E-state index in [1.54, 1.807) is 0 Å². The lowest BCUT2D eigenvalue weighted by Gasteiger charge is -2.12. The van der Waals surface area contributed by atoms with Gasteiger partial charge in [0.15, 0.2) is 0 Å². The molecule has 1 saturated heterocycles. The molecule has 98 valence electrons. The molecule has 2 N–H and O–H groups in total. The van der Waals surface area contributed by atoms with E-state index < -0.39 is 23.8 Å². The summed E-state index contributed by atoms with van der Waals surface area (Å²) in [6.45, 7) is 0. The minimum Gasteiger partial charge on any atom is -0.480 e. The Morgan fingerprint density at radius 2 is 1.94 bits per heavy atom. The molecule has 0 bridgehead atoms. The molecule has 1 fully saturated rings. The van der Waals surface area contributed by atoms with Crippen LogP contribution in [0.5, 0.6) is 0 Å². The fourth-order valence-corrected chi connectivity index (χ4v) is 2.89. The maximum atomic E-state index is 12.4. The van der Waals surface area contributed by atoms with Crippen LogP contribution in [0.15, 0.2) is 24.3 Å². The summed E-state index contributed by atoms with van der Waals surface area (Å²) in [6.07, 6.45) is -4.35. The van der Waals surface area contributed by atoms with Gasteiger partial charge in [0, 0.05) is 5.75 Å². The molecule has 1 heterocycles. The van der Waals surface area contributed by atoms with Crippen molar-refractivity contribution in [1.29, 1.82) is 0 Å². The van der Waals surface area contributed by atoms with Gasteiger partial charge in [-0.15, -0.1) is 11.8 Å². The van der Waals surface area contributed by atoms with E-state index in [1.165, 1.54) is 23.9 Å². The van der Waals surface area contributed by atoms with Gasteiger partial charge in [-0.2, -0.15) is 13.2 Å². The minimum atomic E-state index is -4.35. The highest BCUT2D eigenvalue weighted by Crippen LogP contribution is 2.35. The Hall–Kier alpha value is -1.21. The quantitative estimate of drug-likeness (QED) is 0.872. The van der Waals surface area contributed by atoms with Crippen molar-refractivity contribution in [2.45, 2.75) is 17.6 Å². The highest BCUT2D eigenvalue weighted by atomic mass is 32.2. The van der Waals surface area contributed by atoms with Gasteiger partial charge in [-0.05, 0) is 17.7 Å². The highest BCUT2D eigenvalue weighted by Gasteiger charge is 2.32. The lowest BCUT2D eigenvalue weighted by Crippen LogP contribution is -2.33. The number of carboxylic acids is 1. The predicted octanol–water partition coefficient (Wildman–Crippen LogP) is 2.49. The Morgan fingerprint density at radius 3 is 2.39 bits per heavy atom. The van der Waals surface area contributed by atoms with Crippen LogP contribution in [-0.2, 0) is 11.0 Å². The van der Waals surface area contributed by atoms with Gasteiger partial charge in [-0.25, -0.2) is 0 Å². The van der Waals surface area contributed by atoms with Gasteiger partial charge in [0.2, 0.25) is 0 Å². The summed E-state index contributed by atoms with van der Waals surface area (Å²) < 4.78 is 37.1. The first kappa shape index (κ1) is 13.2. The molecule has 2 atom stereocenters. The van der Waals surface area contributed by atoms with Crippen molar-refractivity contribution in [3.63, 3.8) is 0 Å². The molecule has 1 aromatic rings. The average Bonchev–Trinajstić information content (AvgIpc) is 2.77. The first-order valence-corrected chi connectivity index (χ1v) is 6.20. The predicted molar refractivity (Wildman–Crippen MR) is 61.2 cm³/mol. The summed E-state index contributed by atoms with van der Waals surface area (Å²) in [5.74, 6) is -0.544. The third-order valence-electron chi connectivity index (χ3n) is 2.62. The molecule has 7 heteroatoms. The fraction of sp³-hybridized carbons (Fsp3) is 0.364. The monoisotopic (exact) mass is 277 g/mol. The van der Waals surface area contributed by atoms with Gasteiger partial charge in [0.1, 0.15) is 6.04 Å². The summed E-state index contributed by atoms with van der Waals surface area (Å²) in [4.78, 5) is 10.7. The standard InChI is InChI=1S/C11H10F3NO2S/c12-11(13,14)7-3-1-6(2-4-7)9-15-8(5-18-9)10(16)17/h1-4,8-9,15H,5H2,(H,16,17)/t8-,9?/m1/s1. The molecule has 1 aromatic carbocycles. The van der Waals surface area contributed by atoms with Crippen LogP contribution in [0, 0.1) is 0 Å². The van der Waals surface area contributed by atoms with Crippen molar-refractivity contribution >= 4 is 17.7 Å². The van der Waals surface area contributed by atoms with Crippen molar-refractivity contribution in [3.05, 3.63) is 35.4 Å². The number of hydrogen-bond donors (Lipinski definition) is 2. The lowest BCUT2D eigenvalue weighted by atomic mass is 10.1. The summed E-state index contributed by atoms with van der Waals surface area (Å²) >= 11 is 1.37. The van der Waals surface area contributed by atoms with E-state index in [9.17, 15) is 18.0 Å². The van der Waals surface area contributed by atoms with Crippen LogP contribution < -0.4 is 5.32 Å². The summed E-state index contributed by atoms with van der Waals surface area (Å²) in [5.41, 5.74) is -0.0548. The number of nitrogens with one attached hydrogen (secondary N) is 1. The van der Waals surface area contributed by atoms with Gasteiger partial charge in [0.25, 0.3) is 0 Å². The molecular formula is C11H10F3NO2S. The second kappa shape index (κ2) is 4.81. The van der Waals surface area contributed by atoms with Gasteiger partial charge >= 0.3 is 12.1 Å². The van der Waals surface area contributed by atoms with E-state index >= 15 is 0 Å². The maximum absolute atomic E-state index is 12.4. The van der Waals surface area contributed by atoms with Crippen LogP contribution in [0.1, 0.15) is 16.5 Å². The largest absolute Gasteiger partial charge is 0.480 e. The Kier molecular flexibility index (Phi) is 3.54. The molecule has 0 radical (unpaired) electrons. The molecule has 1 aliphatic heterocycles. The van der Waals surface area contributed by atoms with Crippen molar-refractivity contribution < 1.29 is 23.1 Å². The zero-order chi connectivity index (χ0) is 13.3. The number of hydrogen-bond acceptors (Lipinski definition) is 3. The van der Waals surface area contributed by atoms with Gasteiger partial charge in [-0.1, -0.05) is 12.1 Å². The van der Waals surface area contributed by atoms with Gasteiger partial charge < -0.3 is 5.11 Å². The van der Waals surface area contributed by atoms with Gasteiger partial charge in [0.05, 0.1) is 10.9 Å². The third kappa shape index (κ3) is 2.78. The summed E-state index contributed by atoms with van der Waals surface area (Å²) in [5, 5.41) is 11.4. The summed E-state index contributed by atoms with van der Waals surface area (Å²) in [7, 11) is 0. The van der Waals surface area contributed by atoms with Crippen molar-refractivity contribution in [3.8, 4) is 0 Å². The molecule has 3 nitrogen and oxygen atoms in total. The van der Waals surface area contributed by atoms with E-state index in [2.05, 4.69) is 5.32 Å². The zero-order valence-corrected chi connectivity index (χ0v) is 9.89. The van der Waals surface area contributed by atoms with Crippen LogP contribution in [0.25, 0.3) is 0 Å². The molecule has 1 unspecified atom stereocenters. The maximum Gasteiger partial charge on any atom is 0.416 e. The number of carboxylic acid groups (broad SMARTS) is 1. The number of halogens is 3. The molecule has 0 saturated carbocycles. The molecule has 0 aliphatic carbocycles. The Morgan fingerprint density at radius 1 is 1.33 bits per heavy atom. The molecule has 0 spiro atoms. The van der Waals surface area contributed by atoms with Gasteiger partial charge in [-0.3, -0.25) is 10.1 Å². The van der Waals surface area contributed by atoms with E-state index in [4.69, 9.17) is 5.11 Å². The van der Waals surface area contributed by atoms with E-state index in [-0.39, 0.29) is 5.37 Å². The van der Waals surface area contributed by atoms with Crippen LogP contribution in [0.2, 0.25) is 0 Å². The number of benzene rings is 1. The van der Waals surface area contributed by atoms with E-state index in [0.29, 0.717) is 11.3 Å². The van der Waals surface area contributed by atoms with Crippen molar-refractivity contribution in [2.75, 3.05) is 5.75 Å². The summed E-state index contributed by atoms with van der Waals surface area (Å²) in [6, 6.07) is 4.11. The molecule has 18 heavy (non-hydrogen) atoms. The Bertz CT molecular complexity index is 447. The van der Waals surface area contributed by atoms with E-state index in [0.717, 1.165) is 12.1 Å². The minimum absolute atomic E-state index is 0.270. The second-order valence-corrected chi connectivity index (χ2v) is 5.03. The van der Waals surface area contributed by atoms with Crippen molar-refractivity contribution in [2.24, 2.45) is 0 Å². The molecule has 0 amide bonds. The van der Waals surface area contributed by atoms with Crippen LogP contribution >= 0.6 is 11.8 Å². The van der Waals surface area contributed by atoms with Crippen LogP contribution in [0.4, 0.5) is 13.2 Å². The molecule has 1 aliphatic rings. The first-order chi connectivity index (χ1) is 8.38. The molecule has 2 rings (SSSR count). The molecular weight excluding hydrogens is 267 g/mol. The topological polar surface area (TPSA) is 49.3 Å². The highest BCUT2D eigenvalue weighted by molar-refractivity contribution is 7.99. The second-order valence-electron chi connectivity index (χ2n) is 3.89. The SMILES string of the molecule is O=C(O)[C@H]1CSC(c2ccc(C(F)(F)F)cc2)N1. The first-order valence-electron chi connectivity index (χ1n) is 5.15. The number of carbonyl (C=O) groups is 1. The number of alkyl halides is 3. The average molecular weight is 277 g/mol.